The van der Waals surface area contributed by atoms with Gasteiger partial charge in [-0.1, -0.05) is 30.3 Å². The zero-order chi connectivity index (χ0) is 17.2. The first-order chi connectivity index (χ1) is 12.2. The van der Waals surface area contributed by atoms with E-state index in [1.807, 2.05) is 4.90 Å². The maximum Gasteiger partial charge on any atom is 0.274 e. The van der Waals surface area contributed by atoms with E-state index in [4.69, 9.17) is 0 Å². The third-order valence-electron chi connectivity index (χ3n) is 5.45. The van der Waals surface area contributed by atoms with Gasteiger partial charge in [-0.05, 0) is 38.2 Å². The Kier molecular flexibility index (Phi) is 4.57. The Morgan fingerprint density at radius 2 is 2.04 bits per heavy atom. The molecule has 1 aromatic carbocycles. The topological polar surface area (TPSA) is 52.2 Å². The van der Waals surface area contributed by atoms with Gasteiger partial charge in [-0.2, -0.15) is 5.10 Å². The minimum absolute atomic E-state index is 0.105. The first kappa shape index (κ1) is 16.3. The average molecular weight is 338 g/mol. The smallest absolute Gasteiger partial charge is 0.274 e. The molecule has 1 N–H and O–H groups in total. The van der Waals surface area contributed by atoms with Crippen LogP contribution >= 0.6 is 0 Å². The number of hydrogen-bond acceptors (Lipinski definition) is 3. The van der Waals surface area contributed by atoms with Crippen LogP contribution in [-0.2, 0) is 19.4 Å². The molecule has 0 radical (unpaired) electrons. The van der Waals surface area contributed by atoms with Crippen molar-refractivity contribution in [2.75, 3.05) is 19.6 Å². The van der Waals surface area contributed by atoms with E-state index >= 15 is 0 Å². The molecule has 1 aliphatic heterocycles. The van der Waals surface area contributed by atoms with Gasteiger partial charge in [0.2, 0.25) is 0 Å². The van der Waals surface area contributed by atoms with Crippen LogP contribution in [0.4, 0.5) is 0 Å². The van der Waals surface area contributed by atoms with E-state index in [9.17, 15) is 4.79 Å². The number of aryl methyl sites for hydroxylation is 1. The zero-order valence-electron chi connectivity index (χ0n) is 14.9. The monoisotopic (exact) mass is 338 g/mol. The van der Waals surface area contributed by atoms with Crippen LogP contribution in [0, 0.1) is 0 Å². The third kappa shape index (κ3) is 3.33. The van der Waals surface area contributed by atoms with Gasteiger partial charge in [0.15, 0.2) is 5.69 Å². The lowest BCUT2D eigenvalue weighted by atomic mass is 10.1. The fraction of sp³-hybridized carbons (Fsp3) is 0.500. The van der Waals surface area contributed by atoms with Gasteiger partial charge < -0.3 is 4.90 Å². The summed E-state index contributed by atoms with van der Waals surface area (Å²) in [5, 5.41) is 7.41. The molecule has 25 heavy (non-hydrogen) atoms. The van der Waals surface area contributed by atoms with Gasteiger partial charge in [0.1, 0.15) is 0 Å². The average Bonchev–Trinajstić information content (AvgIpc) is 3.17. The molecule has 1 atom stereocenters. The molecule has 0 saturated carbocycles. The number of nitrogens with one attached hydrogen (secondary N) is 1. The van der Waals surface area contributed by atoms with Crippen molar-refractivity contribution in [3.05, 3.63) is 52.8 Å². The summed E-state index contributed by atoms with van der Waals surface area (Å²) in [5.74, 6) is 0.105. The van der Waals surface area contributed by atoms with Gasteiger partial charge in [-0.15, -0.1) is 0 Å². The Morgan fingerprint density at radius 3 is 2.88 bits per heavy atom. The predicted octanol–water partition coefficient (Wildman–Crippen LogP) is 2.64. The highest BCUT2D eigenvalue weighted by Gasteiger charge is 2.31. The molecule has 1 saturated heterocycles. The number of H-pyrrole nitrogens is 1. The van der Waals surface area contributed by atoms with Gasteiger partial charge in [0, 0.05) is 43.5 Å². The normalized spacial score (nSPS) is 21.2. The minimum atomic E-state index is 0.105. The van der Waals surface area contributed by atoms with E-state index in [1.165, 1.54) is 5.56 Å². The Labute approximate surface area is 149 Å². The largest absolute Gasteiger partial charge is 0.333 e. The van der Waals surface area contributed by atoms with Crippen molar-refractivity contribution in [1.29, 1.82) is 0 Å². The summed E-state index contributed by atoms with van der Waals surface area (Å²) < 4.78 is 0. The number of carbonyl (C=O) groups is 1. The summed E-state index contributed by atoms with van der Waals surface area (Å²) in [4.78, 5) is 17.6. The first-order valence-electron chi connectivity index (χ1n) is 9.35. The Morgan fingerprint density at radius 1 is 1.20 bits per heavy atom. The third-order valence-corrected chi connectivity index (χ3v) is 5.45. The number of nitrogens with zero attached hydrogens (tertiary/aromatic N) is 3. The van der Waals surface area contributed by atoms with Gasteiger partial charge in [0.25, 0.3) is 5.91 Å². The second kappa shape index (κ2) is 7.00. The van der Waals surface area contributed by atoms with E-state index in [1.54, 1.807) is 0 Å². The molecule has 0 bridgehead atoms. The first-order valence-corrected chi connectivity index (χ1v) is 9.35. The standard InChI is InChI=1S/C20H26N4O/c1-15-13-23(14-16-7-3-2-4-8-16)11-6-12-24(15)20(25)19-17-9-5-10-18(17)21-22-19/h2-4,7-8,15H,5-6,9-14H2,1H3,(H,21,22)/t15-/m1/s1. The van der Waals surface area contributed by atoms with Gasteiger partial charge in [0.05, 0.1) is 0 Å². The minimum Gasteiger partial charge on any atom is -0.333 e. The molecule has 1 fully saturated rings. The summed E-state index contributed by atoms with van der Waals surface area (Å²) in [6.07, 6.45) is 4.14. The lowest BCUT2D eigenvalue weighted by molar-refractivity contribution is 0.0684. The molecule has 2 heterocycles. The number of fused-ring (bicyclic) bond motifs is 1. The molecule has 5 heteroatoms. The van der Waals surface area contributed by atoms with Crippen molar-refractivity contribution in [2.45, 2.75) is 45.2 Å². The summed E-state index contributed by atoms with van der Waals surface area (Å²) >= 11 is 0. The number of amides is 1. The Hall–Kier alpha value is -2.14. The molecule has 1 aliphatic carbocycles. The molecule has 5 nitrogen and oxygen atoms in total. The van der Waals surface area contributed by atoms with Crippen LogP contribution in [-0.4, -0.2) is 51.6 Å². The zero-order valence-corrected chi connectivity index (χ0v) is 14.9. The molecule has 1 aromatic heterocycles. The van der Waals surface area contributed by atoms with E-state index in [2.05, 4.69) is 52.4 Å². The second-order valence-corrected chi connectivity index (χ2v) is 7.30. The second-order valence-electron chi connectivity index (χ2n) is 7.30. The summed E-state index contributed by atoms with van der Waals surface area (Å²) in [6, 6.07) is 10.8. The van der Waals surface area contributed by atoms with Crippen molar-refractivity contribution in [1.82, 2.24) is 20.0 Å². The molecule has 0 spiro atoms. The van der Waals surface area contributed by atoms with Crippen LogP contribution in [0.25, 0.3) is 0 Å². The number of aromatic amines is 1. The molecular weight excluding hydrogens is 312 g/mol. The maximum atomic E-state index is 13.1. The van der Waals surface area contributed by atoms with Crippen LogP contribution in [0.3, 0.4) is 0 Å². The van der Waals surface area contributed by atoms with Crippen molar-refractivity contribution < 1.29 is 4.79 Å². The van der Waals surface area contributed by atoms with Crippen molar-refractivity contribution in [3.8, 4) is 0 Å². The molecular formula is C20H26N4O. The predicted molar refractivity (Wildman–Crippen MR) is 97.4 cm³/mol. The van der Waals surface area contributed by atoms with Crippen LogP contribution in [0.15, 0.2) is 30.3 Å². The number of benzene rings is 1. The van der Waals surface area contributed by atoms with Crippen molar-refractivity contribution in [2.24, 2.45) is 0 Å². The summed E-state index contributed by atoms with van der Waals surface area (Å²) in [6.45, 7) is 5.86. The number of aromatic nitrogens is 2. The van der Waals surface area contributed by atoms with Gasteiger partial charge in [-0.3, -0.25) is 14.8 Å². The fourth-order valence-electron chi connectivity index (χ4n) is 4.17. The maximum absolute atomic E-state index is 13.1. The summed E-state index contributed by atoms with van der Waals surface area (Å²) in [5.41, 5.74) is 4.31. The quantitative estimate of drug-likeness (QED) is 0.936. The molecule has 2 aliphatic rings. The lowest BCUT2D eigenvalue weighted by Crippen LogP contribution is -2.42. The van der Waals surface area contributed by atoms with E-state index < -0.39 is 0 Å². The highest BCUT2D eigenvalue weighted by atomic mass is 16.2. The van der Waals surface area contributed by atoms with Gasteiger partial charge in [-0.25, -0.2) is 0 Å². The molecule has 132 valence electrons. The van der Waals surface area contributed by atoms with E-state index in [-0.39, 0.29) is 11.9 Å². The molecule has 2 aromatic rings. The Balaban J connectivity index is 1.46. The van der Waals surface area contributed by atoms with E-state index in [0.29, 0.717) is 5.69 Å². The molecule has 0 unspecified atom stereocenters. The van der Waals surface area contributed by atoms with Crippen LogP contribution in [0.2, 0.25) is 0 Å². The highest BCUT2D eigenvalue weighted by molar-refractivity contribution is 5.94. The number of rotatable bonds is 3. The number of carbonyl (C=O) groups excluding carboxylic acids is 1. The van der Waals surface area contributed by atoms with Crippen LogP contribution < -0.4 is 0 Å². The Bertz CT molecular complexity index is 739. The molecule has 4 rings (SSSR count). The van der Waals surface area contributed by atoms with Crippen molar-refractivity contribution >= 4 is 5.91 Å². The van der Waals surface area contributed by atoms with Crippen LogP contribution in [0.1, 0.15) is 47.1 Å². The summed E-state index contributed by atoms with van der Waals surface area (Å²) in [7, 11) is 0. The van der Waals surface area contributed by atoms with E-state index in [0.717, 1.165) is 63.1 Å². The SMILES string of the molecule is C[C@@H]1CN(Cc2ccccc2)CCCN1C(=O)c1n[nH]c2c1CCC2. The number of hydrogen-bond donors (Lipinski definition) is 1. The highest BCUT2D eigenvalue weighted by Crippen LogP contribution is 2.25. The fourth-order valence-corrected chi connectivity index (χ4v) is 4.17. The van der Waals surface area contributed by atoms with Crippen molar-refractivity contribution in [3.63, 3.8) is 0 Å². The van der Waals surface area contributed by atoms with Crippen LogP contribution in [0.5, 0.6) is 0 Å². The molecule has 1 amide bonds. The van der Waals surface area contributed by atoms with Gasteiger partial charge >= 0.3 is 0 Å². The lowest BCUT2D eigenvalue weighted by Gasteiger charge is -2.28.